The Balaban J connectivity index is 2.40. The van der Waals surface area contributed by atoms with Gasteiger partial charge in [-0.3, -0.25) is 4.79 Å². The van der Waals surface area contributed by atoms with Gasteiger partial charge in [-0.1, -0.05) is 33.1 Å². The first-order valence-corrected chi connectivity index (χ1v) is 6.45. The Morgan fingerprint density at radius 3 is 2.81 bits per heavy atom. The van der Waals surface area contributed by atoms with Crippen molar-refractivity contribution in [3.63, 3.8) is 0 Å². The Labute approximate surface area is 99.4 Å². The molecule has 0 N–H and O–H groups in total. The minimum absolute atomic E-state index is 0.149. The second kappa shape index (κ2) is 6.58. The first-order chi connectivity index (χ1) is 7.71. The van der Waals surface area contributed by atoms with E-state index in [9.17, 15) is 4.79 Å². The van der Waals surface area contributed by atoms with Gasteiger partial charge >= 0.3 is 0 Å². The van der Waals surface area contributed by atoms with E-state index < -0.39 is 0 Å². The number of nitrogens with zero attached hydrogens (tertiary/aromatic N) is 1. The monoisotopic (exact) mass is 221 g/mol. The van der Waals surface area contributed by atoms with E-state index in [0.717, 1.165) is 19.5 Å². The standard InChI is InChI=1S/C14H23NO/c1-4-7-8-12(5-2)10-15-11-13(6-3)9-14(15)16/h3,12-13H,4-5,7-11H2,1-2H3. The molecule has 2 nitrogen and oxygen atoms in total. The van der Waals surface area contributed by atoms with Crippen molar-refractivity contribution >= 4 is 5.91 Å². The van der Waals surface area contributed by atoms with Gasteiger partial charge in [0.25, 0.3) is 0 Å². The normalized spacial score (nSPS) is 22.2. The smallest absolute Gasteiger partial charge is 0.223 e. The van der Waals surface area contributed by atoms with Gasteiger partial charge in [-0.05, 0) is 12.3 Å². The molecular formula is C14H23NO. The molecule has 0 aromatic rings. The molecule has 1 rings (SSSR count). The van der Waals surface area contributed by atoms with Crippen LogP contribution in [-0.2, 0) is 4.79 Å². The lowest BCUT2D eigenvalue weighted by Crippen LogP contribution is -2.30. The molecule has 0 bridgehead atoms. The lowest BCUT2D eigenvalue weighted by atomic mass is 9.99. The highest BCUT2D eigenvalue weighted by atomic mass is 16.2. The first-order valence-electron chi connectivity index (χ1n) is 6.45. The highest BCUT2D eigenvalue weighted by molar-refractivity contribution is 5.79. The number of carbonyl (C=O) groups excluding carboxylic acids is 1. The van der Waals surface area contributed by atoms with E-state index in [1.807, 2.05) is 4.90 Å². The molecule has 0 aromatic carbocycles. The van der Waals surface area contributed by atoms with Crippen molar-refractivity contribution in [2.75, 3.05) is 13.1 Å². The maximum Gasteiger partial charge on any atom is 0.223 e. The molecule has 2 unspecified atom stereocenters. The van der Waals surface area contributed by atoms with Crippen molar-refractivity contribution in [2.24, 2.45) is 11.8 Å². The van der Waals surface area contributed by atoms with Crippen molar-refractivity contribution < 1.29 is 4.79 Å². The van der Waals surface area contributed by atoms with Crippen LogP contribution in [0.4, 0.5) is 0 Å². The minimum Gasteiger partial charge on any atom is -0.341 e. The van der Waals surface area contributed by atoms with E-state index in [2.05, 4.69) is 19.8 Å². The van der Waals surface area contributed by atoms with Crippen LogP contribution in [0.1, 0.15) is 46.0 Å². The fourth-order valence-corrected chi connectivity index (χ4v) is 2.29. The number of likely N-dealkylation sites (tertiary alicyclic amines) is 1. The number of unbranched alkanes of at least 4 members (excludes halogenated alkanes) is 1. The molecule has 2 heteroatoms. The number of carbonyl (C=O) groups is 1. The number of amides is 1. The molecule has 90 valence electrons. The quantitative estimate of drug-likeness (QED) is 0.631. The zero-order valence-electron chi connectivity index (χ0n) is 10.5. The van der Waals surface area contributed by atoms with Gasteiger partial charge < -0.3 is 4.90 Å². The molecule has 1 aliphatic heterocycles. The third kappa shape index (κ3) is 3.56. The maximum atomic E-state index is 11.7. The van der Waals surface area contributed by atoms with E-state index in [1.165, 1.54) is 19.3 Å². The third-order valence-corrected chi connectivity index (χ3v) is 3.47. The molecule has 0 radical (unpaired) electrons. The third-order valence-electron chi connectivity index (χ3n) is 3.47. The van der Waals surface area contributed by atoms with Crippen molar-refractivity contribution in [1.29, 1.82) is 0 Å². The van der Waals surface area contributed by atoms with Crippen LogP contribution in [0, 0.1) is 24.2 Å². The van der Waals surface area contributed by atoms with Crippen LogP contribution >= 0.6 is 0 Å². The van der Waals surface area contributed by atoms with E-state index >= 15 is 0 Å². The summed E-state index contributed by atoms with van der Waals surface area (Å²) in [5, 5.41) is 0. The molecule has 1 amide bonds. The number of hydrogen-bond acceptors (Lipinski definition) is 1. The van der Waals surface area contributed by atoms with Gasteiger partial charge in [0.05, 0.1) is 0 Å². The van der Waals surface area contributed by atoms with E-state index in [-0.39, 0.29) is 11.8 Å². The zero-order chi connectivity index (χ0) is 12.0. The largest absolute Gasteiger partial charge is 0.341 e. The van der Waals surface area contributed by atoms with Gasteiger partial charge in [-0.15, -0.1) is 12.3 Å². The summed E-state index contributed by atoms with van der Waals surface area (Å²) >= 11 is 0. The molecule has 0 aliphatic carbocycles. The zero-order valence-corrected chi connectivity index (χ0v) is 10.5. The highest BCUT2D eigenvalue weighted by Crippen LogP contribution is 2.21. The van der Waals surface area contributed by atoms with Crippen LogP contribution in [0.5, 0.6) is 0 Å². The molecule has 0 saturated carbocycles. The summed E-state index contributed by atoms with van der Waals surface area (Å²) in [4.78, 5) is 13.7. The fourth-order valence-electron chi connectivity index (χ4n) is 2.29. The molecule has 1 aliphatic rings. The van der Waals surface area contributed by atoms with Crippen molar-refractivity contribution in [2.45, 2.75) is 46.0 Å². The predicted octanol–water partition coefficient (Wildman–Crippen LogP) is 2.68. The molecule has 1 heterocycles. The van der Waals surface area contributed by atoms with Gasteiger partial charge in [-0.2, -0.15) is 0 Å². The van der Waals surface area contributed by atoms with Crippen LogP contribution in [0.2, 0.25) is 0 Å². The summed E-state index contributed by atoms with van der Waals surface area (Å²) in [5.41, 5.74) is 0. The Kier molecular flexibility index (Phi) is 5.38. The summed E-state index contributed by atoms with van der Waals surface area (Å²) in [6.07, 6.45) is 10.8. The second-order valence-corrected chi connectivity index (χ2v) is 4.78. The van der Waals surface area contributed by atoms with Crippen molar-refractivity contribution in [3.8, 4) is 12.3 Å². The SMILES string of the molecule is C#CC1CC(=O)N(CC(CC)CCCC)C1. The maximum absolute atomic E-state index is 11.7. The lowest BCUT2D eigenvalue weighted by Gasteiger charge is -2.22. The van der Waals surface area contributed by atoms with E-state index in [0.29, 0.717) is 12.3 Å². The Bertz CT molecular complexity index is 266. The Morgan fingerprint density at radius 2 is 2.31 bits per heavy atom. The average Bonchev–Trinajstić information content (AvgIpc) is 2.65. The molecule has 1 saturated heterocycles. The average molecular weight is 221 g/mol. The molecule has 0 spiro atoms. The van der Waals surface area contributed by atoms with Gasteiger partial charge in [0.15, 0.2) is 0 Å². The Morgan fingerprint density at radius 1 is 1.56 bits per heavy atom. The van der Waals surface area contributed by atoms with Crippen LogP contribution in [-0.4, -0.2) is 23.9 Å². The first kappa shape index (κ1) is 13.1. The molecule has 2 atom stereocenters. The van der Waals surface area contributed by atoms with Crippen LogP contribution in [0.25, 0.3) is 0 Å². The summed E-state index contributed by atoms with van der Waals surface area (Å²) < 4.78 is 0. The predicted molar refractivity (Wildman–Crippen MR) is 66.8 cm³/mol. The summed E-state index contributed by atoms with van der Waals surface area (Å²) in [6.45, 7) is 6.10. The van der Waals surface area contributed by atoms with Gasteiger partial charge in [0.2, 0.25) is 5.91 Å². The van der Waals surface area contributed by atoms with Crippen LogP contribution in [0.15, 0.2) is 0 Å². The summed E-state index contributed by atoms with van der Waals surface area (Å²) in [5.74, 6) is 3.75. The minimum atomic E-state index is 0.149. The number of hydrogen-bond donors (Lipinski definition) is 0. The fraction of sp³-hybridized carbons (Fsp3) is 0.786. The van der Waals surface area contributed by atoms with Gasteiger partial charge in [0.1, 0.15) is 0 Å². The summed E-state index contributed by atoms with van der Waals surface area (Å²) in [6, 6.07) is 0. The van der Waals surface area contributed by atoms with Gasteiger partial charge in [-0.25, -0.2) is 0 Å². The number of terminal acetylenes is 1. The highest BCUT2D eigenvalue weighted by Gasteiger charge is 2.29. The lowest BCUT2D eigenvalue weighted by molar-refractivity contribution is -0.128. The number of rotatable bonds is 6. The molecule has 16 heavy (non-hydrogen) atoms. The molecule has 1 fully saturated rings. The second-order valence-electron chi connectivity index (χ2n) is 4.78. The molecular weight excluding hydrogens is 198 g/mol. The van der Waals surface area contributed by atoms with E-state index in [1.54, 1.807) is 0 Å². The topological polar surface area (TPSA) is 20.3 Å². The summed E-state index contributed by atoms with van der Waals surface area (Å²) in [7, 11) is 0. The van der Waals surface area contributed by atoms with E-state index in [4.69, 9.17) is 6.42 Å². The van der Waals surface area contributed by atoms with Crippen molar-refractivity contribution in [1.82, 2.24) is 4.90 Å². The van der Waals surface area contributed by atoms with Crippen LogP contribution < -0.4 is 0 Å². The van der Waals surface area contributed by atoms with Crippen molar-refractivity contribution in [3.05, 3.63) is 0 Å². The van der Waals surface area contributed by atoms with Crippen LogP contribution in [0.3, 0.4) is 0 Å². The van der Waals surface area contributed by atoms with Gasteiger partial charge in [0, 0.05) is 25.4 Å². The Hall–Kier alpha value is -0.970. The molecule has 0 aromatic heterocycles.